The van der Waals surface area contributed by atoms with Gasteiger partial charge < -0.3 is 19.5 Å². The van der Waals surface area contributed by atoms with Crippen molar-refractivity contribution in [3.63, 3.8) is 0 Å². The van der Waals surface area contributed by atoms with Gasteiger partial charge in [-0.2, -0.15) is 13.2 Å². The van der Waals surface area contributed by atoms with E-state index in [9.17, 15) is 18.0 Å². The van der Waals surface area contributed by atoms with E-state index < -0.39 is 17.6 Å². The number of carbonyl (C=O) groups excluding carboxylic acids is 1. The lowest BCUT2D eigenvalue weighted by molar-refractivity contribution is -0.138. The van der Waals surface area contributed by atoms with Gasteiger partial charge in [-0.05, 0) is 49.7 Å². The molecule has 1 aromatic heterocycles. The Labute approximate surface area is 199 Å². The number of halogens is 3. The number of alkyl halides is 3. The standard InChI is InChI=1S/C24H25F3N2O4S/c1-14(2)33-18-7-5-16(19(11-18)24(25,26)27)12-28-22(30)10-17-13-34-23(29-17)15-6-8-20(31-3)21(9-15)32-4/h5-9,11,13-14H,10,12H2,1-4H3,(H,28,30). The van der Waals surface area contributed by atoms with Crippen LogP contribution in [0.4, 0.5) is 13.2 Å². The number of benzene rings is 2. The van der Waals surface area contributed by atoms with Crippen molar-refractivity contribution in [2.24, 2.45) is 0 Å². The number of hydrogen-bond acceptors (Lipinski definition) is 6. The average molecular weight is 495 g/mol. The summed E-state index contributed by atoms with van der Waals surface area (Å²) in [5.74, 6) is 0.839. The molecule has 1 heterocycles. The van der Waals surface area contributed by atoms with Crippen LogP contribution in [0.1, 0.15) is 30.7 Å². The summed E-state index contributed by atoms with van der Waals surface area (Å²) in [6.07, 6.45) is -4.88. The molecule has 0 atom stereocenters. The van der Waals surface area contributed by atoms with Crippen molar-refractivity contribution in [2.75, 3.05) is 14.2 Å². The van der Waals surface area contributed by atoms with Crippen molar-refractivity contribution in [3.8, 4) is 27.8 Å². The molecule has 0 radical (unpaired) electrons. The second kappa shape index (κ2) is 10.8. The zero-order valence-corrected chi connectivity index (χ0v) is 20.0. The molecule has 2 aromatic carbocycles. The van der Waals surface area contributed by atoms with E-state index in [2.05, 4.69) is 10.3 Å². The van der Waals surface area contributed by atoms with E-state index in [-0.39, 0.29) is 30.4 Å². The largest absolute Gasteiger partial charge is 0.493 e. The first-order chi connectivity index (χ1) is 16.1. The maximum atomic E-state index is 13.5. The van der Waals surface area contributed by atoms with Gasteiger partial charge in [-0.1, -0.05) is 6.07 Å². The van der Waals surface area contributed by atoms with Crippen LogP contribution in [-0.2, 0) is 23.9 Å². The van der Waals surface area contributed by atoms with Crippen LogP contribution in [0.2, 0.25) is 0 Å². The van der Waals surface area contributed by atoms with E-state index in [0.717, 1.165) is 11.6 Å². The fourth-order valence-corrected chi connectivity index (χ4v) is 4.05. The van der Waals surface area contributed by atoms with Crippen LogP contribution in [0.15, 0.2) is 41.8 Å². The molecule has 34 heavy (non-hydrogen) atoms. The molecular formula is C24H25F3N2O4S. The summed E-state index contributed by atoms with van der Waals surface area (Å²) in [7, 11) is 3.08. The minimum absolute atomic E-state index is 0.0405. The number of thiazole rings is 1. The van der Waals surface area contributed by atoms with Crippen LogP contribution >= 0.6 is 11.3 Å². The predicted molar refractivity (Wildman–Crippen MR) is 123 cm³/mol. The molecule has 0 aliphatic heterocycles. The van der Waals surface area contributed by atoms with E-state index >= 15 is 0 Å². The van der Waals surface area contributed by atoms with Gasteiger partial charge in [0.1, 0.15) is 10.8 Å². The summed E-state index contributed by atoms with van der Waals surface area (Å²) in [4.78, 5) is 16.9. The van der Waals surface area contributed by atoms with Gasteiger partial charge in [0.25, 0.3) is 0 Å². The first-order valence-electron chi connectivity index (χ1n) is 10.4. The first-order valence-corrected chi connectivity index (χ1v) is 11.3. The summed E-state index contributed by atoms with van der Waals surface area (Å²) in [5, 5.41) is 4.98. The summed E-state index contributed by atoms with van der Waals surface area (Å²) < 4.78 is 56.4. The van der Waals surface area contributed by atoms with Crippen LogP contribution in [-0.4, -0.2) is 31.2 Å². The lowest BCUT2D eigenvalue weighted by Gasteiger charge is -2.16. The average Bonchev–Trinajstić information content (AvgIpc) is 3.25. The lowest BCUT2D eigenvalue weighted by Crippen LogP contribution is -2.26. The highest BCUT2D eigenvalue weighted by atomic mass is 32.1. The summed E-state index contributed by atoms with van der Waals surface area (Å²) in [6.45, 7) is 3.20. The van der Waals surface area contributed by atoms with E-state index in [1.165, 1.54) is 30.6 Å². The molecule has 0 saturated heterocycles. The van der Waals surface area contributed by atoms with Crippen LogP contribution in [0, 0.1) is 0 Å². The second-order valence-corrected chi connectivity index (χ2v) is 8.51. The zero-order valence-electron chi connectivity index (χ0n) is 19.2. The molecule has 182 valence electrons. The third-order valence-electron chi connectivity index (χ3n) is 4.76. The van der Waals surface area contributed by atoms with Gasteiger partial charge in [-0.3, -0.25) is 4.79 Å². The van der Waals surface area contributed by atoms with Crippen molar-refractivity contribution >= 4 is 17.2 Å². The Morgan fingerprint density at radius 1 is 1.09 bits per heavy atom. The smallest absolute Gasteiger partial charge is 0.416 e. The minimum atomic E-state index is -4.57. The summed E-state index contributed by atoms with van der Waals surface area (Å²) in [5.41, 5.74) is 0.438. The number of ether oxygens (including phenoxy) is 3. The maximum Gasteiger partial charge on any atom is 0.416 e. The van der Waals surface area contributed by atoms with Crippen molar-refractivity contribution in [2.45, 2.75) is 39.1 Å². The van der Waals surface area contributed by atoms with Gasteiger partial charge in [-0.25, -0.2) is 4.98 Å². The summed E-state index contributed by atoms with van der Waals surface area (Å²) >= 11 is 1.35. The molecular weight excluding hydrogens is 469 g/mol. The molecule has 0 spiro atoms. The number of nitrogens with zero attached hydrogens (tertiary/aromatic N) is 1. The quantitative estimate of drug-likeness (QED) is 0.426. The molecule has 3 aromatic rings. The fraction of sp³-hybridized carbons (Fsp3) is 0.333. The van der Waals surface area contributed by atoms with Crippen LogP contribution in [0.3, 0.4) is 0 Å². The van der Waals surface area contributed by atoms with Gasteiger partial charge in [0.05, 0.1) is 38.0 Å². The van der Waals surface area contributed by atoms with E-state index in [1.807, 2.05) is 6.07 Å². The van der Waals surface area contributed by atoms with Gasteiger partial charge in [0.2, 0.25) is 5.91 Å². The third-order valence-corrected chi connectivity index (χ3v) is 5.70. The molecule has 1 N–H and O–H groups in total. The first kappa shape index (κ1) is 25.4. The molecule has 10 heteroatoms. The molecule has 0 aliphatic carbocycles. The Bertz CT molecular complexity index is 1150. The van der Waals surface area contributed by atoms with Gasteiger partial charge in [0, 0.05) is 17.5 Å². The number of amides is 1. The molecule has 0 fully saturated rings. The van der Waals surface area contributed by atoms with Gasteiger partial charge in [-0.15, -0.1) is 11.3 Å². The van der Waals surface area contributed by atoms with Crippen LogP contribution in [0.25, 0.3) is 10.6 Å². The number of aromatic nitrogens is 1. The fourth-order valence-electron chi connectivity index (χ4n) is 3.23. The van der Waals surface area contributed by atoms with Crippen LogP contribution < -0.4 is 19.5 Å². The highest BCUT2D eigenvalue weighted by Crippen LogP contribution is 2.35. The molecule has 6 nitrogen and oxygen atoms in total. The normalized spacial score (nSPS) is 11.4. The Hall–Kier alpha value is -3.27. The Morgan fingerprint density at radius 3 is 2.47 bits per heavy atom. The number of rotatable bonds is 9. The Kier molecular flexibility index (Phi) is 8.03. The number of methoxy groups -OCH3 is 2. The van der Waals surface area contributed by atoms with Crippen molar-refractivity contribution in [1.29, 1.82) is 0 Å². The van der Waals surface area contributed by atoms with Crippen LogP contribution in [0.5, 0.6) is 17.2 Å². The summed E-state index contributed by atoms with van der Waals surface area (Å²) in [6, 6.07) is 9.11. The van der Waals surface area contributed by atoms with Crippen molar-refractivity contribution in [1.82, 2.24) is 10.3 Å². The highest BCUT2D eigenvalue weighted by molar-refractivity contribution is 7.13. The molecule has 1 amide bonds. The predicted octanol–water partition coefficient (Wildman–Crippen LogP) is 5.49. The van der Waals surface area contributed by atoms with Gasteiger partial charge >= 0.3 is 6.18 Å². The number of nitrogens with one attached hydrogen (secondary N) is 1. The molecule has 0 bridgehead atoms. The topological polar surface area (TPSA) is 69.7 Å². The van der Waals surface area contributed by atoms with Crippen molar-refractivity contribution < 1.29 is 32.2 Å². The molecule has 3 rings (SSSR count). The minimum Gasteiger partial charge on any atom is -0.493 e. The molecule has 0 saturated carbocycles. The third kappa shape index (κ3) is 6.40. The monoisotopic (exact) mass is 494 g/mol. The Morgan fingerprint density at radius 2 is 1.82 bits per heavy atom. The number of carbonyl (C=O) groups is 1. The van der Waals surface area contributed by atoms with Crippen molar-refractivity contribution in [3.05, 3.63) is 58.6 Å². The highest BCUT2D eigenvalue weighted by Gasteiger charge is 2.34. The number of hydrogen-bond donors (Lipinski definition) is 1. The van der Waals surface area contributed by atoms with E-state index in [0.29, 0.717) is 22.2 Å². The maximum absolute atomic E-state index is 13.5. The van der Waals surface area contributed by atoms with Gasteiger partial charge in [0.15, 0.2) is 11.5 Å². The second-order valence-electron chi connectivity index (χ2n) is 7.65. The SMILES string of the molecule is COc1ccc(-c2nc(CC(=O)NCc3ccc(OC(C)C)cc3C(F)(F)F)cs2)cc1OC. The zero-order chi connectivity index (χ0) is 24.9. The molecule has 0 aliphatic rings. The van der Waals surface area contributed by atoms with E-state index in [4.69, 9.17) is 14.2 Å². The lowest BCUT2D eigenvalue weighted by atomic mass is 10.1. The van der Waals surface area contributed by atoms with E-state index in [1.54, 1.807) is 38.5 Å². The molecule has 0 unspecified atom stereocenters. The Balaban J connectivity index is 1.67.